The van der Waals surface area contributed by atoms with Crippen LogP contribution in [0.5, 0.6) is 5.75 Å². The zero-order valence-corrected chi connectivity index (χ0v) is 10.4. The van der Waals surface area contributed by atoms with Gasteiger partial charge in [-0.25, -0.2) is 0 Å². The van der Waals surface area contributed by atoms with E-state index in [1.807, 2.05) is 0 Å². The number of benzene rings is 1. The molecule has 7 heteroatoms. The second-order valence-electron chi connectivity index (χ2n) is 1.77. The van der Waals surface area contributed by atoms with Gasteiger partial charge in [-0.3, -0.25) is 10.1 Å². The van der Waals surface area contributed by atoms with E-state index in [4.69, 9.17) is 5.11 Å². The molecule has 0 amide bonds. The Morgan fingerprint density at radius 1 is 1.15 bits per heavy atom. The van der Waals surface area contributed by atoms with Crippen molar-refractivity contribution in [3.05, 3.63) is 34.4 Å². The van der Waals surface area contributed by atoms with E-state index >= 15 is 0 Å². The number of phenols is 1. The van der Waals surface area contributed by atoms with Crippen molar-refractivity contribution in [3.8, 4) is 5.75 Å². The summed E-state index contributed by atoms with van der Waals surface area (Å²) in [6, 6.07) is 5.04. The molecule has 72 valence electrons. The van der Waals surface area contributed by atoms with Crippen molar-refractivity contribution in [2.75, 3.05) is 0 Å². The van der Waals surface area contributed by atoms with Gasteiger partial charge in [0.15, 0.2) is 0 Å². The van der Waals surface area contributed by atoms with Crippen LogP contribution in [-0.2, 0) is 26.2 Å². The Hall–Kier alpha value is -0.117. The van der Waals surface area contributed by atoms with Crippen LogP contribution in [0.25, 0.3) is 0 Å². The number of nitro benzene ring substituents is 1. The van der Waals surface area contributed by atoms with Crippen molar-refractivity contribution in [3.63, 3.8) is 0 Å². The zero-order chi connectivity index (χ0) is 7.56. The first kappa shape index (κ1) is 18.6. The molecule has 4 nitrogen and oxygen atoms in total. The molecule has 0 atom stereocenters. The number of aromatic hydroxyl groups is 1. The average molecular weight is 303 g/mol. The first-order valence-electron chi connectivity index (χ1n) is 2.63. The van der Waals surface area contributed by atoms with E-state index in [-0.39, 0.29) is 62.5 Å². The summed E-state index contributed by atoms with van der Waals surface area (Å²) in [6.07, 6.45) is 0. The number of rotatable bonds is 1. The Labute approximate surface area is 106 Å². The molecule has 0 aromatic heterocycles. The molecule has 0 radical (unpaired) electrons. The number of hydrogen-bond acceptors (Lipinski definition) is 3. The molecule has 1 aromatic carbocycles. The fourth-order valence-corrected chi connectivity index (χ4v) is 0.574. The Kier molecular flexibility index (Phi) is 12.1. The third kappa shape index (κ3) is 6.02. The van der Waals surface area contributed by atoms with E-state index < -0.39 is 4.92 Å². The second-order valence-corrected chi connectivity index (χ2v) is 1.77. The van der Waals surface area contributed by atoms with Crippen molar-refractivity contribution < 1.29 is 36.2 Å². The summed E-state index contributed by atoms with van der Waals surface area (Å²) in [5, 5.41) is 18.8. The van der Waals surface area contributed by atoms with E-state index in [0.717, 1.165) is 0 Å². The van der Waals surface area contributed by atoms with Crippen LogP contribution in [0.1, 0.15) is 0 Å². The Balaban J connectivity index is -0.000000333. The summed E-state index contributed by atoms with van der Waals surface area (Å²) in [7, 11) is 0. The predicted octanol–water partition coefficient (Wildman–Crippen LogP) is 2.14. The maximum atomic E-state index is 10.0. The number of halogens is 2. The molecule has 0 fully saturated rings. The Morgan fingerprint density at radius 2 is 1.54 bits per heavy atom. The largest absolute Gasteiger partial charge is 0.508 e. The molecule has 0 saturated heterocycles. The summed E-state index contributed by atoms with van der Waals surface area (Å²) < 4.78 is 0. The van der Waals surface area contributed by atoms with Crippen LogP contribution in [0.15, 0.2) is 24.3 Å². The van der Waals surface area contributed by atoms with Crippen LogP contribution in [0.2, 0.25) is 0 Å². The smallest absolute Gasteiger partial charge is 0.269 e. The van der Waals surface area contributed by atoms with Gasteiger partial charge in [-0.15, -0.1) is 24.8 Å². The van der Waals surface area contributed by atoms with Gasteiger partial charge >= 0.3 is 0 Å². The maximum Gasteiger partial charge on any atom is 0.269 e. The molecule has 0 aliphatic carbocycles. The predicted molar refractivity (Wildman–Crippen MR) is 49.3 cm³/mol. The molecule has 0 bridgehead atoms. The third-order valence-corrected chi connectivity index (χ3v) is 1.06. The van der Waals surface area contributed by atoms with Gasteiger partial charge in [0.1, 0.15) is 5.75 Å². The molecule has 13 heavy (non-hydrogen) atoms. The SMILES string of the molecule is Cl.Cl.O=[N+]([O-])c1ccc(O)cc1.[Zr]. The van der Waals surface area contributed by atoms with E-state index in [2.05, 4.69) is 0 Å². The van der Waals surface area contributed by atoms with Gasteiger partial charge in [-0.05, 0) is 12.1 Å². The van der Waals surface area contributed by atoms with Gasteiger partial charge in [0.05, 0.1) is 4.92 Å². The van der Waals surface area contributed by atoms with E-state index in [0.29, 0.717) is 0 Å². The summed E-state index contributed by atoms with van der Waals surface area (Å²) in [5.41, 5.74) is -0.0159. The number of phenolic OH excluding ortho intramolecular Hbond substituents is 1. The van der Waals surface area contributed by atoms with Crippen LogP contribution < -0.4 is 0 Å². The number of nitrogens with zero attached hydrogens (tertiary/aromatic N) is 1. The molecule has 0 unspecified atom stereocenters. The van der Waals surface area contributed by atoms with Gasteiger partial charge in [0.25, 0.3) is 5.69 Å². The molecule has 0 aliphatic heterocycles. The number of non-ortho nitro benzene ring substituents is 1. The van der Waals surface area contributed by atoms with Crippen molar-refractivity contribution >= 4 is 30.5 Å². The van der Waals surface area contributed by atoms with Crippen LogP contribution >= 0.6 is 24.8 Å². The summed E-state index contributed by atoms with van der Waals surface area (Å²) in [6.45, 7) is 0. The summed E-state index contributed by atoms with van der Waals surface area (Å²) in [4.78, 5) is 9.52. The molecule has 1 N–H and O–H groups in total. The third-order valence-electron chi connectivity index (χ3n) is 1.06. The van der Waals surface area contributed by atoms with Crippen LogP contribution in [-0.4, -0.2) is 10.0 Å². The van der Waals surface area contributed by atoms with Gasteiger partial charge in [0, 0.05) is 38.3 Å². The molecule has 0 aliphatic rings. The van der Waals surface area contributed by atoms with E-state index in [9.17, 15) is 10.1 Å². The molecular weight excluding hydrogens is 296 g/mol. The first-order valence-corrected chi connectivity index (χ1v) is 2.63. The van der Waals surface area contributed by atoms with Gasteiger partial charge < -0.3 is 5.11 Å². The topological polar surface area (TPSA) is 63.4 Å². The molecule has 0 saturated carbocycles. The van der Waals surface area contributed by atoms with Gasteiger partial charge in [-0.1, -0.05) is 0 Å². The molecule has 0 heterocycles. The maximum absolute atomic E-state index is 10.0. The van der Waals surface area contributed by atoms with Crippen LogP contribution in [0.4, 0.5) is 5.69 Å². The molecular formula is C6H7Cl2NO3Zr. The average Bonchev–Trinajstić information content (AvgIpc) is 1.88. The minimum atomic E-state index is -0.514. The minimum Gasteiger partial charge on any atom is -0.508 e. The standard InChI is InChI=1S/C6H5NO3.2ClH.Zr/c8-6-3-1-5(2-4-6)7(9)10;;;/h1-4,8H;2*1H;. The summed E-state index contributed by atoms with van der Waals surface area (Å²) in [5.74, 6) is 0.0330. The fourth-order valence-electron chi connectivity index (χ4n) is 0.574. The molecule has 0 spiro atoms. The second kappa shape index (κ2) is 8.48. The van der Waals surface area contributed by atoms with Crippen LogP contribution in [0, 0.1) is 10.1 Å². The molecule has 1 aromatic rings. The van der Waals surface area contributed by atoms with Gasteiger partial charge in [-0.2, -0.15) is 0 Å². The first-order chi connectivity index (χ1) is 4.70. The minimum absolute atomic E-state index is 0. The quantitative estimate of drug-likeness (QED) is 0.638. The Morgan fingerprint density at radius 3 is 1.85 bits per heavy atom. The van der Waals surface area contributed by atoms with Gasteiger partial charge in [0.2, 0.25) is 0 Å². The summed E-state index contributed by atoms with van der Waals surface area (Å²) >= 11 is 0. The Bertz CT molecular complexity index is 255. The van der Waals surface area contributed by atoms with Crippen molar-refractivity contribution in [2.45, 2.75) is 0 Å². The van der Waals surface area contributed by atoms with Crippen molar-refractivity contribution in [1.82, 2.24) is 0 Å². The van der Waals surface area contributed by atoms with Crippen molar-refractivity contribution in [2.24, 2.45) is 0 Å². The van der Waals surface area contributed by atoms with E-state index in [1.165, 1.54) is 24.3 Å². The monoisotopic (exact) mass is 301 g/mol. The number of nitro groups is 1. The molecule has 1 rings (SSSR count). The van der Waals surface area contributed by atoms with Crippen molar-refractivity contribution in [1.29, 1.82) is 0 Å². The number of hydrogen-bond donors (Lipinski definition) is 1. The van der Waals surface area contributed by atoms with Crippen LogP contribution in [0.3, 0.4) is 0 Å². The fraction of sp³-hybridized carbons (Fsp3) is 0. The van der Waals surface area contributed by atoms with E-state index in [1.54, 1.807) is 0 Å². The zero-order valence-electron chi connectivity index (χ0n) is 6.34. The normalized spacial score (nSPS) is 7.08.